The van der Waals surface area contributed by atoms with Gasteiger partial charge in [-0.2, -0.15) is 0 Å². The predicted octanol–water partition coefficient (Wildman–Crippen LogP) is 3.11. The number of fused-ring (bicyclic) bond motifs is 1. The monoisotopic (exact) mass is 265 g/mol. The number of ketones is 1. The number of aryl methyl sites for hydroxylation is 1. The molecule has 2 aliphatic rings. The van der Waals surface area contributed by atoms with Crippen LogP contribution in [0.3, 0.4) is 0 Å². The maximum absolute atomic E-state index is 12.9. The molecule has 1 aliphatic carbocycles. The van der Waals surface area contributed by atoms with E-state index in [1.807, 2.05) is 42.5 Å². The molecule has 4 rings (SSSR count). The van der Waals surface area contributed by atoms with Gasteiger partial charge in [0.2, 0.25) is 0 Å². The minimum Gasteiger partial charge on any atom is -0.351 e. The van der Waals surface area contributed by atoms with Crippen molar-refractivity contribution in [1.82, 2.24) is 4.98 Å². The summed E-state index contributed by atoms with van der Waals surface area (Å²) in [6.45, 7) is 0. The molecule has 0 unspecified atom stereocenters. The van der Waals surface area contributed by atoms with Crippen LogP contribution in [0.15, 0.2) is 48.7 Å². The fourth-order valence-corrected chi connectivity index (χ4v) is 3.21. The summed E-state index contributed by atoms with van der Waals surface area (Å²) in [5.41, 5.74) is 2.16. The number of carbonyl (C=O) groups excluding carboxylic acids is 1. The van der Waals surface area contributed by atoms with Gasteiger partial charge in [0.1, 0.15) is 6.10 Å². The van der Waals surface area contributed by atoms with Crippen LogP contribution in [0.2, 0.25) is 0 Å². The van der Waals surface area contributed by atoms with Crippen molar-refractivity contribution < 1.29 is 9.53 Å². The van der Waals surface area contributed by atoms with Gasteiger partial charge in [-0.05, 0) is 37.0 Å². The molecule has 1 spiro atoms. The summed E-state index contributed by atoms with van der Waals surface area (Å²) < 4.78 is 5.87. The normalized spacial score (nSPS) is 28.0. The van der Waals surface area contributed by atoms with E-state index in [-0.39, 0.29) is 11.9 Å². The maximum Gasteiger partial charge on any atom is 0.198 e. The second-order valence-electron chi connectivity index (χ2n) is 5.48. The van der Waals surface area contributed by atoms with Gasteiger partial charge in [-0.1, -0.05) is 30.3 Å². The van der Waals surface area contributed by atoms with Gasteiger partial charge in [0.25, 0.3) is 0 Å². The summed E-state index contributed by atoms with van der Waals surface area (Å²) in [4.78, 5) is 17.2. The van der Waals surface area contributed by atoms with E-state index in [0.717, 1.165) is 36.1 Å². The number of epoxide rings is 1. The third-order valence-corrected chi connectivity index (χ3v) is 4.29. The molecular weight excluding hydrogens is 250 g/mol. The lowest BCUT2D eigenvalue weighted by Gasteiger charge is -2.09. The molecule has 2 aromatic rings. The van der Waals surface area contributed by atoms with Crippen molar-refractivity contribution >= 4 is 5.78 Å². The number of benzene rings is 1. The maximum atomic E-state index is 12.9. The molecule has 0 amide bonds. The molecular formula is C17H15NO2. The van der Waals surface area contributed by atoms with Gasteiger partial charge < -0.3 is 4.74 Å². The molecule has 0 bridgehead atoms. The number of hydrogen-bond acceptors (Lipinski definition) is 3. The highest BCUT2D eigenvalue weighted by atomic mass is 16.6. The summed E-state index contributed by atoms with van der Waals surface area (Å²) in [5.74, 6) is 0.126. The van der Waals surface area contributed by atoms with Crippen LogP contribution in [0.1, 0.15) is 40.6 Å². The van der Waals surface area contributed by atoms with E-state index < -0.39 is 5.60 Å². The predicted molar refractivity (Wildman–Crippen MR) is 74.5 cm³/mol. The van der Waals surface area contributed by atoms with Crippen molar-refractivity contribution in [2.45, 2.75) is 31.0 Å². The van der Waals surface area contributed by atoms with Gasteiger partial charge >= 0.3 is 0 Å². The molecule has 0 saturated carbocycles. The fourth-order valence-electron chi connectivity index (χ4n) is 3.21. The number of ether oxygens (including phenoxy) is 1. The molecule has 20 heavy (non-hydrogen) atoms. The topological polar surface area (TPSA) is 42.5 Å². The van der Waals surface area contributed by atoms with Crippen LogP contribution >= 0.6 is 0 Å². The highest BCUT2D eigenvalue weighted by Crippen LogP contribution is 2.55. The zero-order valence-corrected chi connectivity index (χ0v) is 11.1. The first-order chi connectivity index (χ1) is 9.81. The molecule has 1 fully saturated rings. The minimum atomic E-state index is -0.666. The number of carbonyl (C=O) groups is 1. The van der Waals surface area contributed by atoms with Crippen LogP contribution in [-0.2, 0) is 11.2 Å². The Morgan fingerprint density at radius 3 is 2.85 bits per heavy atom. The fraction of sp³-hybridized carbons (Fsp3) is 0.294. The van der Waals surface area contributed by atoms with E-state index in [9.17, 15) is 4.79 Å². The molecule has 2 heterocycles. The Labute approximate surface area is 117 Å². The van der Waals surface area contributed by atoms with Gasteiger partial charge in [0.15, 0.2) is 11.4 Å². The number of nitrogens with zero attached hydrogens (tertiary/aromatic N) is 1. The SMILES string of the molecule is O=C1c2ccccc2CCC[C@@]12O[C@@H]2c1ccccn1. The van der Waals surface area contributed by atoms with E-state index >= 15 is 0 Å². The molecule has 3 heteroatoms. The number of aromatic nitrogens is 1. The van der Waals surface area contributed by atoms with Crippen LogP contribution in [0.4, 0.5) is 0 Å². The van der Waals surface area contributed by atoms with E-state index in [0.29, 0.717) is 0 Å². The van der Waals surface area contributed by atoms with Crippen molar-refractivity contribution in [3.05, 3.63) is 65.5 Å². The molecule has 0 N–H and O–H groups in total. The zero-order valence-electron chi connectivity index (χ0n) is 11.1. The Morgan fingerprint density at radius 2 is 2.00 bits per heavy atom. The van der Waals surface area contributed by atoms with E-state index in [1.165, 1.54) is 0 Å². The number of pyridine rings is 1. The lowest BCUT2D eigenvalue weighted by molar-refractivity contribution is 0.0867. The summed E-state index contributed by atoms with van der Waals surface area (Å²) in [7, 11) is 0. The van der Waals surface area contributed by atoms with Crippen molar-refractivity contribution in [2.24, 2.45) is 0 Å². The molecule has 2 atom stereocenters. The van der Waals surface area contributed by atoms with Crippen LogP contribution < -0.4 is 0 Å². The van der Waals surface area contributed by atoms with E-state index in [2.05, 4.69) is 4.98 Å². The van der Waals surface area contributed by atoms with Crippen LogP contribution in [0, 0.1) is 0 Å². The average Bonchev–Trinajstić information content (AvgIpc) is 3.25. The lowest BCUT2D eigenvalue weighted by Crippen LogP contribution is -2.25. The first kappa shape index (κ1) is 11.8. The van der Waals surface area contributed by atoms with E-state index in [4.69, 9.17) is 4.74 Å². The molecule has 1 aromatic heterocycles. The first-order valence-electron chi connectivity index (χ1n) is 7.03. The van der Waals surface area contributed by atoms with Crippen LogP contribution in [0.25, 0.3) is 0 Å². The number of hydrogen-bond donors (Lipinski definition) is 0. The smallest absolute Gasteiger partial charge is 0.198 e. The largest absolute Gasteiger partial charge is 0.351 e. The summed E-state index contributed by atoms with van der Waals surface area (Å²) >= 11 is 0. The van der Waals surface area contributed by atoms with Gasteiger partial charge in [-0.3, -0.25) is 9.78 Å². The molecule has 3 nitrogen and oxygen atoms in total. The number of Topliss-reactive ketones (excluding diaryl/α,β-unsaturated/α-hetero) is 1. The molecule has 1 aromatic carbocycles. The Balaban J connectivity index is 1.73. The Bertz CT molecular complexity index is 668. The van der Waals surface area contributed by atoms with E-state index in [1.54, 1.807) is 6.20 Å². The Morgan fingerprint density at radius 1 is 1.15 bits per heavy atom. The molecule has 0 radical (unpaired) electrons. The standard InChI is InChI=1S/C17H15NO2/c19-15-13-8-2-1-6-12(13)7-5-10-17(15)16(20-17)14-9-3-4-11-18-14/h1-4,6,8-9,11,16H,5,7,10H2/t16-,17-/m1/s1. The van der Waals surface area contributed by atoms with Crippen molar-refractivity contribution in [3.63, 3.8) is 0 Å². The van der Waals surface area contributed by atoms with Crippen molar-refractivity contribution in [2.75, 3.05) is 0 Å². The van der Waals surface area contributed by atoms with Gasteiger partial charge in [-0.25, -0.2) is 0 Å². The average molecular weight is 265 g/mol. The third kappa shape index (κ3) is 1.63. The molecule has 1 aliphatic heterocycles. The van der Waals surface area contributed by atoms with Crippen molar-refractivity contribution in [1.29, 1.82) is 0 Å². The Kier molecular flexibility index (Phi) is 2.51. The minimum absolute atomic E-state index is 0.126. The summed E-state index contributed by atoms with van der Waals surface area (Å²) in [6, 6.07) is 13.6. The first-order valence-corrected chi connectivity index (χ1v) is 7.03. The highest BCUT2D eigenvalue weighted by Gasteiger charge is 2.63. The van der Waals surface area contributed by atoms with Gasteiger partial charge in [-0.15, -0.1) is 0 Å². The number of rotatable bonds is 1. The summed E-state index contributed by atoms with van der Waals surface area (Å²) in [6.07, 6.45) is 4.28. The van der Waals surface area contributed by atoms with Gasteiger partial charge in [0, 0.05) is 11.8 Å². The van der Waals surface area contributed by atoms with Gasteiger partial charge in [0.05, 0.1) is 5.69 Å². The lowest BCUT2D eigenvalue weighted by atomic mass is 9.90. The molecule has 100 valence electrons. The zero-order chi connectivity index (χ0) is 13.6. The summed E-state index contributed by atoms with van der Waals surface area (Å²) in [5, 5.41) is 0. The molecule has 1 saturated heterocycles. The second-order valence-corrected chi connectivity index (χ2v) is 5.48. The second kappa shape index (κ2) is 4.25. The quantitative estimate of drug-likeness (QED) is 0.744. The Hall–Kier alpha value is -2.00. The van der Waals surface area contributed by atoms with Crippen molar-refractivity contribution in [3.8, 4) is 0 Å². The highest BCUT2D eigenvalue weighted by molar-refractivity contribution is 6.06. The third-order valence-electron chi connectivity index (χ3n) is 4.29. The van der Waals surface area contributed by atoms with Crippen LogP contribution in [-0.4, -0.2) is 16.4 Å². The van der Waals surface area contributed by atoms with Crippen LogP contribution in [0.5, 0.6) is 0 Å².